The van der Waals surface area contributed by atoms with E-state index in [0.29, 0.717) is 45.4 Å². The maximum atomic E-state index is 13.7. The Labute approximate surface area is 134 Å². The van der Waals surface area contributed by atoms with Crippen LogP contribution in [0.4, 0.5) is 8.78 Å². The van der Waals surface area contributed by atoms with E-state index in [0.717, 1.165) is 6.07 Å². The summed E-state index contributed by atoms with van der Waals surface area (Å²) in [5, 5.41) is 9.82. The van der Waals surface area contributed by atoms with Gasteiger partial charge in [0.05, 0.1) is 18.3 Å². The number of aliphatic hydroxyl groups is 1. The Hall–Kier alpha value is -1.57. The Bertz CT molecular complexity index is 534. The van der Waals surface area contributed by atoms with E-state index in [9.17, 15) is 18.7 Å². The van der Waals surface area contributed by atoms with Crippen molar-refractivity contribution in [1.29, 1.82) is 0 Å². The van der Waals surface area contributed by atoms with Crippen molar-refractivity contribution in [2.75, 3.05) is 45.9 Å². The number of benzene rings is 1. The molecule has 1 heterocycles. The van der Waals surface area contributed by atoms with Crippen LogP contribution in [0.1, 0.15) is 17.3 Å². The number of hydrogen-bond donors (Lipinski definition) is 1. The van der Waals surface area contributed by atoms with Crippen LogP contribution in [-0.4, -0.2) is 72.9 Å². The Morgan fingerprint density at radius 3 is 2.61 bits per heavy atom. The SMILES string of the molecule is CCOC[C@@H](O)CN1CCN(C(=O)c2ccc(F)cc2F)CC1. The molecule has 1 amide bonds. The third-order valence-corrected chi connectivity index (χ3v) is 3.80. The van der Waals surface area contributed by atoms with Crippen molar-refractivity contribution in [3.63, 3.8) is 0 Å². The number of nitrogens with zero attached hydrogens (tertiary/aromatic N) is 2. The van der Waals surface area contributed by atoms with Gasteiger partial charge in [-0.15, -0.1) is 0 Å². The average Bonchev–Trinajstić information content (AvgIpc) is 2.53. The lowest BCUT2D eigenvalue weighted by Crippen LogP contribution is -2.51. The maximum absolute atomic E-state index is 13.7. The Balaban J connectivity index is 1.85. The number of carbonyl (C=O) groups excluding carboxylic acids is 1. The Kier molecular flexibility index (Phi) is 6.44. The number of hydrogen-bond acceptors (Lipinski definition) is 4. The van der Waals surface area contributed by atoms with Crippen molar-refractivity contribution in [2.45, 2.75) is 13.0 Å². The second-order valence-electron chi connectivity index (χ2n) is 5.53. The fraction of sp³-hybridized carbons (Fsp3) is 0.562. The second-order valence-corrected chi connectivity index (χ2v) is 5.53. The van der Waals surface area contributed by atoms with E-state index in [-0.39, 0.29) is 12.2 Å². The third-order valence-electron chi connectivity index (χ3n) is 3.80. The van der Waals surface area contributed by atoms with Crippen LogP contribution in [0.3, 0.4) is 0 Å². The van der Waals surface area contributed by atoms with Gasteiger partial charge in [-0.2, -0.15) is 0 Å². The van der Waals surface area contributed by atoms with Crippen LogP contribution >= 0.6 is 0 Å². The summed E-state index contributed by atoms with van der Waals surface area (Å²) in [7, 11) is 0. The van der Waals surface area contributed by atoms with E-state index in [1.807, 2.05) is 11.8 Å². The van der Waals surface area contributed by atoms with Gasteiger partial charge in [-0.1, -0.05) is 0 Å². The molecular weight excluding hydrogens is 306 g/mol. The molecule has 0 aromatic heterocycles. The van der Waals surface area contributed by atoms with E-state index >= 15 is 0 Å². The van der Waals surface area contributed by atoms with Crippen LogP contribution in [-0.2, 0) is 4.74 Å². The maximum Gasteiger partial charge on any atom is 0.256 e. The van der Waals surface area contributed by atoms with Crippen LogP contribution < -0.4 is 0 Å². The third kappa shape index (κ3) is 4.95. The largest absolute Gasteiger partial charge is 0.389 e. The molecule has 128 valence electrons. The number of ether oxygens (including phenoxy) is 1. The van der Waals surface area contributed by atoms with Crippen LogP contribution in [0.25, 0.3) is 0 Å². The predicted octanol–water partition coefficient (Wildman–Crippen LogP) is 1.12. The highest BCUT2D eigenvalue weighted by molar-refractivity contribution is 5.94. The fourth-order valence-electron chi connectivity index (χ4n) is 2.57. The molecule has 2 rings (SSSR count). The van der Waals surface area contributed by atoms with E-state index in [2.05, 4.69) is 0 Å². The quantitative estimate of drug-likeness (QED) is 0.850. The standard InChI is InChI=1S/C16H22F2N2O3/c1-2-23-11-13(21)10-19-5-7-20(8-6-19)16(22)14-4-3-12(17)9-15(14)18/h3-4,9,13,21H,2,5-8,10-11H2,1H3/t13-/m0/s1. The first-order valence-electron chi connectivity index (χ1n) is 7.73. The molecule has 0 unspecified atom stereocenters. The van der Waals surface area contributed by atoms with Gasteiger partial charge in [0.15, 0.2) is 0 Å². The van der Waals surface area contributed by atoms with Crippen molar-refractivity contribution < 1.29 is 23.4 Å². The molecule has 23 heavy (non-hydrogen) atoms. The van der Waals surface area contributed by atoms with Crippen molar-refractivity contribution in [3.8, 4) is 0 Å². The monoisotopic (exact) mass is 328 g/mol. The first-order valence-corrected chi connectivity index (χ1v) is 7.73. The molecule has 7 heteroatoms. The first kappa shape index (κ1) is 17.8. The normalized spacial score (nSPS) is 17.3. The van der Waals surface area contributed by atoms with Gasteiger partial charge in [-0.3, -0.25) is 9.69 Å². The molecule has 0 saturated carbocycles. The minimum Gasteiger partial charge on any atom is -0.389 e. The molecule has 0 spiro atoms. The minimum atomic E-state index is -0.843. The summed E-state index contributed by atoms with van der Waals surface area (Å²) < 4.78 is 31.8. The molecule has 1 aliphatic heterocycles. The van der Waals surface area contributed by atoms with Crippen molar-refractivity contribution >= 4 is 5.91 Å². The molecule has 0 radical (unpaired) electrons. The number of halogens is 2. The zero-order chi connectivity index (χ0) is 16.8. The van der Waals surface area contributed by atoms with Crippen LogP contribution in [0.2, 0.25) is 0 Å². The summed E-state index contributed by atoms with van der Waals surface area (Å²) in [6.45, 7) is 5.26. The Morgan fingerprint density at radius 1 is 1.30 bits per heavy atom. The van der Waals surface area contributed by atoms with Crippen LogP contribution in [0.15, 0.2) is 18.2 Å². The van der Waals surface area contributed by atoms with E-state index in [4.69, 9.17) is 4.74 Å². The summed E-state index contributed by atoms with van der Waals surface area (Å²) in [6, 6.07) is 2.97. The molecule has 1 saturated heterocycles. The Morgan fingerprint density at radius 2 is 2.00 bits per heavy atom. The molecule has 1 aromatic carbocycles. The lowest BCUT2D eigenvalue weighted by atomic mass is 10.1. The molecule has 0 aliphatic carbocycles. The highest BCUT2D eigenvalue weighted by Crippen LogP contribution is 2.14. The first-order chi connectivity index (χ1) is 11.0. The highest BCUT2D eigenvalue weighted by Gasteiger charge is 2.25. The average molecular weight is 328 g/mol. The summed E-state index contributed by atoms with van der Waals surface area (Å²) in [4.78, 5) is 15.9. The van der Waals surface area contributed by atoms with Crippen molar-refractivity contribution in [3.05, 3.63) is 35.4 Å². The van der Waals surface area contributed by atoms with Gasteiger partial charge in [0.25, 0.3) is 5.91 Å². The number of amides is 1. The molecule has 5 nitrogen and oxygen atoms in total. The van der Waals surface area contributed by atoms with Gasteiger partial charge in [-0.25, -0.2) is 8.78 Å². The number of aliphatic hydroxyl groups excluding tert-OH is 1. The number of carbonyl (C=O) groups is 1. The van der Waals surface area contributed by atoms with Gasteiger partial charge in [0, 0.05) is 45.4 Å². The molecule has 1 aliphatic rings. The van der Waals surface area contributed by atoms with Gasteiger partial charge >= 0.3 is 0 Å². The number of piperazine rings is 1. The summed E-state index contributed by atoms with van der Waals surface area (Å²) in [5.74, 6) is -1.98. The lowest BCUT2D eigenvalue weighted by Gasteiger charge is -2.35. The molecule has 1 atom stereocenters. The van der Waals surface area contributed by atoms with Crippen LogP contribution in [0.5, 0.6) is 0 Å². The number of rotatable bonds is 6. The fourth-order valence-corrected chi connectivity index (χ4v) is 2.57. The van der Waals surface area contributed by atoms with E-state index in [1.165, 1.54) is 6.07 Å². The number of β-amino-alcohol motifs (C(OH)–C–C–N with tert-alkyl or cyclic N) is 1. The molecular formula is C16H22F2N2O3. The van der Waals surface area contributed by atoms with Crippen molar-refractivity contribution in [2.24, 2.45) is 0 Å². The van der Waals surface area contributed by atoms with Crippen molar-refractivity contribution in [1.82, 2.24) is 9.80 Å². The smallest absolute Gasteiger partial charge is 0.256 e. The predicted molar refractivity (Wildman–Crippen MR) is 81.2 cm³/mol. The summed E-state index contributed by atoms with van der Waals surface area (Å²) >= 11 is 0. The van der Waals surface area contributed by atoms with Gasteiger partial charge in [0.2, 0.25) is 0 Å². The lowest BCUT2D eigenvalue weighted by molar-refractivity contribution is 0.0111. The molecule has 0 bridgehead atoms. The topological polar surface area (TPSA) is 53.0 Å². The zero-order valence-electron chi connectivity index (χ0n) is 13.2. The van der Waals surface area contributed by atoms with Gasteiger partial charge in [-0.05, 0) is 19.1 Å². The molecule has 1 N–H and O–H groups in total. The minimum absolute atomic E-state index is 0.115. The van der Waals surface area contributed by atoms with E-state index < -0.39 is 23.6 Å². The van der Waals surface area contributed by atoms with Crippen LogP contribution in [0, 0.1) is 11.6 Å². The molecule has 1 aromatic rings. The zero-order valence-corrected chi connectivity index (χ0v) is 13.2. The second kappa shape index (κ2) is 8.33. The summed E-state index contributed by atoms with van der Waals surface area (Å²) in [5.41, 5.74) is -0.115. The highest BCUT2D eigenvalue weighted by atomic mass is 19.1. The summed E-state index contributed by atoms with van der Waals surface area (Å²) in [6.07, 6.45) is -0.563. The van der Waals surface area contributed by atoms with E-state index in [1.54, 1.807) is 4.90 Å². The molecule has 1 fully saturated rings. The van der Waals surface area contributed by atoms with Gasteiger partial charge in [0.1, 0.15) is 11.6 Å². The van der Waals surface area contributed by atoms with Gasteiger partial charge < -0.3 is 14.7 Å².